The summed E-state index contributed by atoms with van der Waals surface area (Å²) in [6.45, 7) is 3.38. The van der Waals surface area contributed by atoms with Crippen LogP contribution in [0, 0.1) is 0 Å². The summed E-state index contributed by atoms with van der Waals surface area (Å²) in [6.07, 6.45) is 8.09. The fourth-order valence-electron chi connectivity index (χ4n) is 5.82. The quantitative estimate of drug-likeness (QED) is 0.255. The first-order chi connectivity index (χ1) is 18.3. The van der Waals surface area contributed by atoms with Gasteiger partial charge in [-0.3, -0.25) is 14.4 Å². The van der Waals surface area contributed by atoms with E-state index in [2.05, 4.69) is 44.5 Å². The molecular weight excluding hydrogens is 484 g/mol. The van der Waals surface area contributed by atoms with Crippen LogP contribution in [0.1, 0.15) is 48.9 Å². The van der Waals surface area contributed by atoms with Crippen LogP contribution in [0.15, 0.2) is 27.8 Å². The van der Waals surface area contributed by atoms with Crippen molar-refractivity contribution in [2.75, 3.05) is 40.3 Å². The second-order valence-electron chi connectivity index (χ2n) is 10.6. The molecule has 3 aromatic rings. The van der Waals surface area contributed by atoms with Crippen LogP contribution < -0.4 is 26.7 Å². The van der Waals surface area contributed by atoms with Crippen molar-refractivity contribution in [2.45, 2.75) is 50.6 Å². The number of nitrogens with one attached hydrogen (secondary N) is 3. The molecule has 2 saturated heterocycles. The first-order valence-electron chi connectivity index (χ1n) is 13.5. The predicted molar refractivity (Wildman–Crippen MR) is 148 cm³/mol. The molecule has 10 nitrogen and oxygen atoms in total. The van der Waals surface area contributed by atoms with Gasteiger partial charge < -0.3 is 30.5 Å². The Morgan fingerprint density at radius 2 is 1.71 bits per heavy atom. The lowest BCUT2D eigenvalue weighted by molar-refractivity contribution is 0.0951. The Morgan fingerprint density at radius 3 is 2.37 bits per heavy atom. The average Bonchev–Trinajstić information content (AvgIpc) is 3.50. The first kappa shape index (κ1) is 26.1. The number of amides is 1. The van der Waals surface area contributed by atoms with Crippen molar-refractivity contribution < 1.29 is 9.90 Å². The zero-order valence-electron chi connectivity index (χ0n) is 22.0. The highest BCUT2D eigenvalue weighted by Crippen LogP contribution is 2.19. The van der Waals surface area contributed by atoms with Gasteiger partial charge in [0.2, 0.25) is 10.9 Å². The second kappa shape index (κ2) is 11.1. The van der Waals surface area contributed by atoms with E-state index in [0.717, 1.165) is 44.8 Å². The van der Waals surface area contributed by atoms with Crippen molar-refractivity contribution in [1.82, 2.24) is 30.4 Å². The molecule has 2 fully saturated rings. The Kier molecular flexibility index (Phi) is 7.62. The summed E-state index contributed by atoms with van der Waals surface area (Å²) in [5, 5.41) is 17.1. The molecule has 2 aliphatic rings. The van der Waals surface area contributed by atoms with Crippen LogP contribution in [0.5, 0.6) is 5.75 Å². The molecule has 0 aliphatic carbocycles. The standard InChI is InChI=1S/C28H36N6O4/c1-33-13-3-5-17(33)9-11-29-16-20-22(36)15-23(37)27-25(20)32-26-21(35)8-7-19(24(26)31-27)28(38)30-12-10-18-6-4-14-34(18)2/h7-8,15-18,29,31,36H,3-6,9-14H2,1-2H3,(H,30,38)/b20-16-. The van der Waals surface area contributed by atoms with E-state index in [4.69, 9.17) is 0 Å². The number of H-pyrrole nitrogens is 1. The number of aromatic amines is 1. The van der Waals surface area contributed by atoms with Gasteiger partial charge in [-0.05, 0) is 77.8 Å². The van der Waals surface area contributed by atoms with Crippen molar-refractivity contribution in [2.24, 2.45) is 0 Å². The van der Waals surface area contributed by atoms with Gasteiger partial charge in [-0.2, -0.15) is 0 Å². The third-order valence-electron chi connectivity index (χ3n) is 8.12. The molecule has 0 spiro atoms. The zero-order valence-corrected chi connectivity index (χ0v) is 22.0. The molecular formula is C28H36N6O4. The van der Waals surface area contributed by atoms with E-state index in [-0.39, 0.29) is 44.7 Å². The monoisotopic (exact) mass is 520 g/mol. The first-order valence-corrected chi connectivity index (χ1v) is 13.5. The van der Waals surface area contributed by atoms with Crippen molar-refractivity contribution in [3.63, 3.8) is 0 Å². The zero-order chi connectivity index (χ0) is 26.8. The highest BCUT2D eigenvalue weighted by molar-refractivity contribution is 6.06. The number of aromatic nitrogens is 2. The van der Waals surface area contributed by atoms with Gasteiger partial charge in [0.25, 0.3) is 5.91 Å². The number of hydrogen-bond donors (Lipinski definition) is 4. The minimum atomic E-state index is -0.469. The summed E-state index contributed by atoms with van der Waals surface area (Å²) in [7, 11) is 4.22. The molecule has 10 heteroatoms. The van der Waals surface area contributed by atoms with Crippen molar-refractivity contribution in [3.8, 4) is 5.75 Å². The minimum absolute atomic E-state index is 0.0490. The van der Waals surface area contributed by atoms with Crippen molar-refractivity contribution in [3.05, 3.63) is 49.4 Å². The third-order valence-corrected chi connectivity index (χ3v) is 8.12. The van der Waals surface area contributed by atoms with E-state index in [9.17, 15) is 19.5 Å². The van der Waals surface area contributed by atoms with Gasteiger partial charge in [0.15, 0.2) is 0 Å². The molecule has 2 unspecified atom stereocenters. The summed E-state index contributed by atoms with van der Waals surface area (Å²) >= 11 is 0. The number of nitrogens with zero attached hydrogens (tertiary/aromatic N) is 3. The number of rotatable bonds is 8. The maximum atomic E-state index is 13.1. The number of aromatic hydroxyl groups is 1. The van der Waals surface area contributed by atoms with Crippen LogP contribution in [0.3, 0.4) is 0 Å². The molecule has 5 rings (SSSR count). The Bertz CT molecular complexity index is 1520. The van der Waals surface area contributed by atoms with Crippen LogP contribution in [0.25, 0.3) is 28.3 Å². The van der Waals surface area contributed by atoms with Crippen LogP contribution in [-0.2, 0) is 0 Å². The number of likely N-dealkylation sites (tertiary alicyclic amines) is 2. The van der Waals surface area contributed by atoms with E-state index < -0.39 is 5.43 Å². The summed E-state index contributed by atoms with van der Waals surface area (Å²) in [4.78, 5) is 50.8. The smallest absolute Gasteiger partial charge is 0.253 e. The minimum Gasteiger partial charge on any atom is -0.507 e. The van der Waals surface area contributed by atoms with Crippen LogP contribution >= 0.6 is 0 Å². The lowest BCUT2D eigenvalue weighted by atomic mass is 10.1. The maximum absolute atomic E-state index is 13.1. The summed E-state index contributed by atoms with van der Waals surface area (Å²) in [6, 6.07) is 4.88. The average molecular weight is 521 g/mol. The lowest BCUT2D eigenvalue weighted by Gasteiger charge is -2.19. The molecule has 0 saturated carbocycles. The van der Waals surface area contributed by atoms with Crippen molar-refractivity contribution >= 4 is 34.2 Å². The molecule has 3 heterocycles. The van der Waals surface area contributed by atoms with Gasteiger partial charge in [0, 0.05) is 37.4 Å². The number of benzene rings is 2. The van der Waals surface area contributed by atoms with Gasteiger partial charge in [-0.1, -0.05) is 0 Å². The molecule has 202 valence electrons. The fourth-order valence-corrected chi connectivity index (χ4v) is 5.82. The number of fused-ring (bicyclic) bond motifs is 2. The van der Waals surface area contributed by atoms with Crippen LogP contribution in [0.2, 0.25) is 0 Å². The molecule has 38 heavy (non-hydrogen) atoms. The molecule has 1 amide bonds. The van der Waals surface area contributed by atoms with Gasteiger partial charge in [-0.25, -0.2) is 4.98 Å². The summed E-state index contributed by atoms with van der Waals surface area (Å²) in [5.74, 6) is -0.545. The molecule has 2 aliphatic heterocycles. The van der Waals surface area contributed by atoms with E-state index in [1.54, 1.807) is 6.20 Å². The SMILES string of the molecule is CN1CCCC1CCN/C=c1/c(O)cc(=O)c2[nH]c3c(C(=O)NCCC4CCCN4C)ccc(=O)c3nc12. The molecule has 2 atom stereocenters. The van der Waals surface area contributed by atoms with Gasteiger partial charge in [0.05, 0.1) is 16.3 Å². The van der Waals surface area contributed by atoms with E-state index in [1.165, 1.54) is 25.0 Å². The summed E-state index contributed by atoms with van der Waals surface area (Å²) in [5.41, 5.74) is -0.00668. The fraction of sp³-hybridized carbons (Fsp3) is 0.500. The maximum Gasteiger partial charge on any atom is 0.253 e. The van der Waals surface area contributed by atoms with E-state index in [0.29, 0.717) is 30.4 Å². The Balaban J connectivity index is 1.44. The van der Waals surface area contributed by atoms with E-state index >= 15 is 0 Å². The normalized spacial score (nSPS) is 21.1. The van der Waals surface area contributed by atoms with Crippen LogP contribution in [0.4, 0.5) is 0 Å². The molecule has 4 N–H and O–H groups in total. The highest BCUT2D eigenvalue weighted by Gasteiger charge is 2.22. The van der Waals surface area contributed by atoms with Crippen LogP contribution in [-0.4, -0.2) is 83.1 Å². The predicted octanol–water partition coefficient (Wildman–Crippen LogP) is 0.887. The van der Waals surface area contributed by atoms with Crippen molar-refractivity contribution in [1.29, 1.82) is 0 Å². The number of carbonyl (C=O) groups excluding carboxylic acids is 1. The van der Waals surface area contributed by atoms with Gasteiger partial charge in [0.1, 0.15) is 22.3 Å². The molecule has 0 radical (unpaired) electrons. The molecule has 2 aromatic carbocycles. The summed E-state index contributed by atoms with van der Waals surface area (Å²) < 4.78 is 0. The van der Waals surface area contributed by atoms with Gasteiger partial charge >= 0.3 is 0 Å². The van der Waals surface area contributed by atoms with E-state index in [1.807, 2.05) is 0 Å². The number of phenolic OH excluding ortho intramolecular Hbond substituents is 1. The topological polar surface area (TPSA) is 131 Å². The Hall–Kier alpha value is -3.50. The second-order valence-corrected chi connectivity index (χ2v) is 10.6. The lowest BCUT2D eigenvalue weighted by Crippen LogP contribution is -2.32. The Morgan fingerprint density at radius 1 is 1.03 bits per heavy atom. The highest BCUT2D eigenvalue weighted by atomic mass is 16.3. The third kappa shape index (κ3) is 5.23. The number of hydrogen-bond acceptors (Lipinski definition) is 8. The molecule has 0 bridgehead atoms. The Labute approximate surface area is 220 Å². The number of carbonyl (C=O) groups is 1. The largest absolute Gasteiger partial charge is 0.507 e. The molecule has 1 aromatic heterocycles. The number of phenols is 1. The van der Waals surface area contributed by atoms with Gasteiger partial charge in [-0.15, -0.1) is 0 Å².